The summed E-state index contributed by atoms with van der Waals surface area (Å²) in [5.41, 5.74) is 12.2. The molecule has 0 unspecified atom stereocenters. The van der Waals surface area contributed by atoms with Crippen molar-refractivity contribution in [2.75, 3.05) is 44.5 Å². The minimum Gasteiger partial charge on any atom is -0.491 e. The summed E-state index contributed by atoms with van der Waals surface area (Å²) >= 11 is 0. The summed E-state index contributed by atoms with van der Waals surface area (Å²) in [5, 5.41) is 5.89. The molecule has 0 bridgehead atoms. The Hall–Kier alpha value is -2.68. The summed E-state index contributed by atoms with van der Waals surface area (Å²) in [6.07, 6.45) is 0.797. The zero-order valence-electron chi connectivity index (χ0n) is 17.1. The second-order valence-corrected chi connectivity index (χ2v) is 7.29. The monoisotopic (exact) mass is 396 g/mol. The van der Waals surface area contributed by atoms with Gasteiger partial charge in [-0.05, 0) is 39.3 Å². The van der Waals surface area contributed by atoms with Crippen LogP contribution in [0.1, 0.15) is 44.0 Å². The Labute approximate surface area is 166 Å². The Balaban J connectivity index is 2.62. The minimum absolute atomic E-state index is 0.248. The molecule has 0 fully saturated rings. The Bertz CT molecular complexity index is 658. The van der Waals surface area contributed by atoms with Crippen LogP contribution in [0.15, 0.2) is 12.1 Å². The van der Waals surface area contributed by atoms with Crippen LogP contribution in [-0.4, -0.2) is 51.0 Å². The number of benzene rings is 1. The number of nitrogen functional groups attached to an aromatic ring is 1. The number of carbonyl (C=O) groups excluding carboxylic acids is 2. The molecule has 0 spiro atoms. The normalized spacial score (nSPS) is 11.0. The maximum atomic E-state index is 11.6. The second-order valence-electron chi connectivity index (χ2n) is 7.29. The number of ether oxygens (including phenoxy) is 3. The van der Waals surface area contributed by atoms with Crippen molar-refractivity contribution in [3.8, 4) is 5.75 Å². The molecule has 9 heteroatoms. The van der Waals surface area contributed by atoms with E-state index >= 15 is 0 Å². The average Bonchev–Trinajstić information content (AvgIpc) is 2.58. The van der Waals surface area contributed by atoms with Gasteiger partial charge in [0.1, 0.15) is 11.4 Å². The number of carbonyl (C=O) groups is 2. The van der Waals surface area contributed by atoms with E-state index in [2.05, 4.69) is 10.6 Å². The van der Waals surface area contributed by atoms with Crippen LogP contribution in [0.3, 0.4) is 0 Å². The van der Waals surface area contributed by atoms with E-state index in [9.17, 15) is 9.59 Å². The molecule has 2 amide bonds. The summed E-state index contributed by atoms with van der Waals surface area (Å²) in [5.74, 6) is -0.144. The largest absolute Gasteiger partial charge is 0.491 e. The fourth-order valence-electron chi connectivity index (χ4n) is 2.26. The molecule has 9 nitrogen and oxygen atoms in total. The SMILES string of the molecule is COCCCOc1cc(C(N)=O)cc(N)c1NCCCOC(=O)NC(C)(C)C. The maximum absolute atomic E-state index is 11.6. The van der Waals surface area contributed by atoms with Crippen molar-refractivity contribution in [1.29, 1.82) is 0 Å². The van der Waals surface area contributed by atoms with Crippen LogP contribution in [0, 0.1) is 0 Å². The molecule has 0 radical (unpaired) electrons. The van der Waals surface area contributed by atoms with Crippen LogP contribution in [0.25, 0.3) is 0 Å². The van der Waals surface area contributed by atoms with Gasteiger partial charge in [-0.25, -0.2) is 4.79 Å². The number of nitrogens with one attached hydrogen (secondary N) is 2. The van der Waals surface area contributed by atoms with Crippen LogP contribution in [0.4, 0.5) is 16.2 Å². The molecule has 0 saturated heterocycles. The van der Waals surface area contributed by atoms with Crippen molar-refractivity contribution in [2.24, 2.45) is 5.73 Å². The van der Waals surface area contributed by atoms with Gasteiger partial charge in [-0.1, -0.05) is 0 Å². The van der Waals surface area contributed by atoms with E-state index in [0.717, 1.165) is 0 Å². The predicted octanol–water partition coefficient (Wildman–Crippen LogP) is 2.11. The maximum Gasteiger partial charge on any atom is 0.407 e. The molecule has 28 heavy (non-hydrogen) atoms. The van der Waals surface area contributed by atoms with Gasteiger partial charge in [-0.2, -0.15) is 0 Å². The third-order valence-corrected chi connectivity index (χ3v) is 3.50. The van der Waals surface area contributed by atoms with Gasteiger partial charge in [-0.15, -0.1) is 0 Å². The number of anilines is 2. The molecule has 1 aromatic rings. The van der Waals surface area contributed by atoms with E-state index in [-0.39, 0.29) is 17.7 Å². The van der Waals surface area contributed by atoms with Gasteiger partial charge in [-0.3, -0.25) is 4.79 Å². The molecule has 0 atom stereocenters. The summed E-state index contributed by atoms with van der Waals surface area (Å²) < 4.78 is 15.9. The number of nitrogens with two attached hydrogens (primary N) is 2. The highest BCUT2D eigenvalue weighted by atomic mass is 16.5. The first-order valence-electron chi connectivity index (χ1n) is 9.18. The lowest BCUT2D eigenvalue weighted by atomic mass is 10.1. The number of primary amides is 1. The number of methoxy groups -OCH3 is 1. The summed E-state index contributed by atoms with van der Waals surface area (Å²) in [4.78, 5) is 23.1. The topological polar surface area (TPSA) is 138 Å². The zero-order chi connectivity index (χ0) is 21.2. The van der Waals surface area contributed by atoms with E-state index in [1.807, 2.05) is 20.8 Å². The second kappa shape index (κ2) is 11.2. The van der Waals surface area contributed by atoms with Gasteiger partial charge >= 0.3 is 6.09 Å². The van der Waals surface area contributed by atoms with E-state index in [1.165, 1.54) is 6.07 Å². The zero-order valence-corrected chi connectivity index (χ0v) is 17.1. The van der Waals surface area contributed by atoms with Gasteiger partial charge in [0.25, 0.3) is 0 Å². The Morgan fingerprint density at radius 2 is 1.82 bits per heavy atom. The van der Waals surface area contributed by atoms with Gasteiger partial charge in [0, 0.05) is 37.8 Å². The molecule has 0 heterocycles. The molecule has 6 N–H and O–H groups in total. The highest BCUT2D eigenvalue weighted by Crippen LogP contribution is 2.32. The van der Waals surface area contributed by atoms with Gasteiger partial charge in [0.2, 0.25) is 5.91 Å². The molecule has 0 aliphatic heterocycles. The first-order valence-corrected chi connectivity index (χ1v) is 9.18. The lowest BCUT2D eigenvalue weighted by Crippen LogP contribution is -2.41. The van der Waals surface area contributed by atoms with Crippen molar-refractivity contribution in [1.82, 2.24) is 5.32 Å². The molecule has 0 saturated carbocycles. The minimum atomic E-state index is -0.585. The Kier molecular flexibility index (Phi) is 9.37. The average molecular weight is 396 g/mol. The number of hydrogen-bond acceptors (Lipinski definition) is 7. The van der Waals surface area contributed by atoms with E-state index in [0.29, 0.717) is 49.7 Å². The van der Waals surface area contributed by atoms with Crippen molar-refractivity contribution in [3.05, 3.63) is 17.7 Å². The number of alkyl carbamates (subject to hydrolysis) is 1. The predicted molar refractivity (Wildman–Crippen MR) is 109 cm³/mol. The summed E-state index contributed by atoms with van der Waals surface area (Å²) in [6, 6.07) is 3.06. The quantitative estimate of drug-likeness (QED) is 0.332. The third kappa shape index (κ3) is 8.81. The Morgan fingerprint density at radius 1 is 1.11 bits per heavy atom. The van der Waals surface area contributed by atoms with Crippen molar-refractivity contribution < 1.29 is 23.8 Å². The fourth-order valence-corrected chi connectivity index (χ4v) is 2.26. The van der Waals surface area contributed by atoms with E-state index < -0.39 is 12.0 Å². The molecule has 1 rings (SSSR count). The van der Waals surface area contributed by atoms with Gasteiger partial charge in [0.05, 0.1) is 18.9 Å². The standard InChI is InChI=1S/C19H32N4O5/c1-19(2,3)23-18(25)28-9-5-7-22-16-14(20)11-13(17(21)24)12-15(16)27-10-6-8-26-4/h11-12,22H,5-10,20H2,1-4H3,(H2,21,24)(H,23,25). The highest BCUT2D eigenvalue weighted by molar-refractivity contribution is 5.96. The van der Waals surface area contributed by atoms with E-state index in [1.54, 1.807) is 13.2 Å². The molecule has 0 aliphatic carbocycles. The molecule has 158 valence electrons. The number of rotatable bonds is 11. The lowest BCUT2D eigenvalue weighted by molar-refractivity contribution is 0.0999. The van der Waals surface area contributed by atoms with E-state index in [4.69, 9.17) is 25.7 Å². The lowest BCUT2D eigenvalue weighted by Gasteiger charge is -2.20. The van der Waals surface area contributed by atoms with Gasteiger partial charge in [0.15, 0.2) is 0 Å². The fraction of sp³-hybridized carbons (Fsp3) is 0.579. The van der Waals surface area contributed by atoms with Crippen LogP contribution >= 0.6 is 0 Å². The van der Waals surface area contributed by atoms with Crippen LogP contribution in [0.2, 0.25) is 0 Å². The van der Waals surface area contributed by atoms with Crippen LogP contribution < -0.4 is 26.8 Å². The van der Waals surface area contributed by atoms with Crippen LogP contribution in [0.5, 0.6) is 5.75 Å². The molecule has 1 aromatic carbocycles. The van der Waals surface area contributed by atoms with Crippen molar-refractivity contribution in [3.63, 3.8) is 0 Å². The number of amides is 2. The molecular weight excluding hydrogens is 364 g/mol. The molecular formula is C19H32N4O5. The summed E-state index contributed by atoms with van der Waals surface area (Å²) in [6.45, 7) is 7.34. The number of hydrogen-bond donors (Lipinski definition) is 4. The first-order chi connectivity index (χ1) is 13.1. The molecule has 0 aromatic heterocycles. The smallest absolute Gasteiger partial charge is 0.407 e. The third-order valence-electron chi connectivity index (χ3n) is 3.50. The first kappa shape index (κ1) is 23.4. The summed E-state index contributed by atoms with van der Waals surface area (Å²) in [7, 11) is 1.61. The van der Waals surface area contributed by atoms with Gasteiger partial charge < -0.3 is 36.3 Å². The van der Waals surface area contributed by atoms with Crippen molar-refractivity contribution in [2.45, 2.75) is 39.2 Å². The van der Waals surface area contributed by atoms with Crippen molar-refractivity contribution >= 4 is 23.4 Å². The van der Waals surface area contributed by atoms with Crippen LogP contribution in [-0.2, 0) is 9.47 Å². The Morgan fingerprint density at radius 3 is 2.43 bits per heavy atom. The highest BCUT2D eigenvalue weighted by Gasteiger charge is 2.15. The molecule has 0 aliphatic rings.